The van der Waals surface area contributed by atoms with Crippen LogP contribution in [-0.2, 0) is 0 Å². The maximum absolute atomic E-state index is 12.1. The van der Waals surface area contributed by atoms with E-state index in [0.29, 0.717) is 28.9 Å². The highest BCUT2D eigenvalue weighted by Crippen LogP contribution is 2.50. The summed E-state index contributed by atoms with van der Waals surface area (Å²) >= 11 is 0. The van der Waals surface area contributed by atoms with Crippen LogP contribution in [0.3, 0.4) is 0 Å². The van der Waals surface area contributed by atoms with Crippen molar-refractivity contribution in [2.75, 3.05) is 0 Å². The van der Waals surface area contributed by atoms with E-state index in [1.807, 2.05) is 12.1 Å². The summed E-state index contributed by atoms with van der Waals surface area (Å²) in [6.45, 7) is 27.0. The van der Waals surface area contributed by atoms with Crippen molar-refractivity contribution in [1.82, 2.24) is 0 Å². The van der Waals surface area contributed by atoms with Crippen molar-refractivity contribution in [3.63, 3.8) is 0 Å². The van der Waals surface area contributed by atoms with E-state index in [2.05, 4.69) is 81.6 Å². The Morgan fingerprint density at radius 1 is 0.774 bits per heavy atom. The van der Waals surface area contributed by atoms with Crippen molar-refractivity contribution in [3.8, 4) is 11.5 Å². The highest BCUT2D eigenvalue weighted by molar-refractivity contribution is 6.75. The lowest BCUT2D eigenvalue weighted by atomic mass is 9.99. The van der Waals surface area contributed by atoms with Crippen LogP contribution in [0.25, 0.3) is 11.0 Å². The summed E-state index contributed by atoms with van der Waals surface area (Å²) in [5, 5.41) is 0.892. The summed E-state index contributed by atoms with van der Waals surface area (Å²) in [7, 11) is -4.47. The predicted molar refractivity (Wildman–Crippen MR) is 136 cm³/mol. The highest BCUT2D eigenvalue weighted by Gasteiger charge is 2.48. The first-order valence-corrected chi connectivity index (χ1v) is 17.2. The quantitative estimate of drug-likeness (QED) is 0.296. The van der Waals surface area contributed by atoms with Crippen molar-refractivity contribution in [1.29, 1.82) is 0 Å². The molecule has 1 aromatic heterocycles. The minimum atomic E-state index is -2.27. The fraction of sp³-hybridized carbons (Fsp3) is 0.640. The Morgan fingerprint density at radius 2 is 1.23 bits per heavy atom. The predicted octanol–water partition coefficient (Wildman–Crippen LogP) is 7.83. The number of rotatable bonds is 8. The molecule has 6 heteroatoms. The van der Waals surface area contributed by atoms with Gasteiger partial charge in [-0.15, -0.1) is 0 Å². The maximum atomic E-state index is 12.1. The molecule has 0 fully saturated rings. The molecular formula is C25H42O4Si2. The molecule has 0 unspecified atom stereocenters. The summed E-state index contributed by atoms with van der Waals surface area (Å²) in [6.07, 6.45) is 0. The van der Waals surface area contributed by atoms with Gasteiger partial charge in [-0.05, 0) is 66.3 Å². The molecule has 0 N–H and O–H groups in total. The highest BCUT2D eigenvalue weighted by atomic mass is 28.4. The molecule has 0 saturated carbocycles. The maximum Gasteiger partial charge on any atom is 0.336 e. The van der Waals surface area contributed by atoms with Crippen molar-refractivity contribution < 1.29 is 13.3 Å². The normalized spacial score (nSPS) is 13.9. The molecule has 2 aromatic rings. The Morgan fingerprint density at radius 3 is 1.71 bits per heavy atom. The van der Waals surface area contributed by atoms with Crippen LogP contribution < -0.4 is 14.5 Å². The van der Waals surface area contributed by atoms with Gasteiger partial charge in [-0.1, -0.05) is 55.4 Å². The van der Waals surface area contributed by atoms with Crippen molar-refractivity contribution in [2.24, 2.45) is 11.8 Å². The summed E-state index contributed by atoms with van der Waals surface area (Å²) < 4.78 is 19.3. The molecular weight excluding hydrogens is 420 g/mol. The van der Waals surface area contributed by atoms with Gasteiger partial charge in [0.15, 0.2) is 11.3 Å². The van der Waals surface area contributed by atoms with E-state index in [1.54, 1.807) is 6.07 Å². The second-order valence-electron chi connectivity index (χ2n) is 11.5. The molecule has 31 heavy (non-hydrogen) atoms. The largest absolute Gasteiger partial charge is 0.541 e. The lowest BCUT2D eigenvalue weighted by Crippen LogP contribution is -2.49. The lowest BCUT2D eigenvalue weighted by Gasteiger charge is -2.44. The molecule has 0 amide bonds. The second kappa shape index (κ2) is 8.43. The Kier molecular flexibility index (Phi) is 7.00. The fourth-order valence-electron chi connectivity index (χ4n) is 3.45. The Hall–Kier alpha value is -1.54. The van der Waals surface area contributed by atoms with Gasteiger partial charge in [0.1, 0.15) is 5.75 Å². The van der Waals surface area contributed by atoms with Crippen LogP contribution in [0.1, 0.15) is 55.4 Å². The van der Waals surface area contributed by atoms with Gasteiger partial charge in [0, 0.05) is 11.5 Å². The van der Waals surface area contributed by atoms with E-state index in [9.17, 15) is 4.79 Å². The zero-order chi connectivity index (χ0) is 24.0. The molecule has 0 radical (unpaired) electrons. The number of fused-ring (bicyclic) bond motifs is 1. The smallest absolute Gasteiger partial charge is 0.336 e. The molecule has 1 aromatic carbocycles. The van der Waals surface area contributed by atoms with E-state index < -0.39 is 16.6 Å². The summed E-state index contributed by atoms with van der Waals surface area (Å²) in [4.78, 5) is 12.1. The van der Waals surface area contributed by atoms with E-state index in [4.69, 9.17) is 13.3 Å². The van der Waals surface area contributed by atoms with Gasteiger partial charge >= 0.3 is 5.63 Å². The average Bonchev–Trinajstić information content (AvgIpc) is 2.62. The van der Waals surface area contributed by atoms with Gasteiger partial charge in [-0.3, -0.25) is 0 Å². The Labute approximate surface area is 190 Å². The van der Waals surface area contributed by atoms with Crippen LogP contribution >= 0.6 is 0 Å². The molecule has 4 nitrogen and oxygen atoms in total. The molecule has 2 rings (SSSR count). The van der Waals surface area contributed by atoms with Gasteiger partial charge in [0.05, 0.1) is 0 Å². The summed E-state index contributed by atoms with van der Waals surface area (Å²) in [5.41, 5.74) is 0.105. The van der Waals surface area contributed by atoms with E-state index in [1.165, 1.54) is 6.07 Å². The third kappa shape index (κ3) is 4.80. The molecule has 1 heterocycles. The Bertz CT molecular complexity index is 985. The van der Waals surface area contributed by atoms with E-state index >= 15 is 0 Å². The van der Waals surface area contributed by atoms with Gasteiger partial charge in [0.25, 0.3) is 16.6 Å². The topological polar surface area (TPSA) is 48.7 Å². The third-order valence-electron chi connectivity index (χ3n) is 8.42. The minimum absolute atomic E-state index is 0.00561. The van der Waals surface area contributed by atoms with Crippen molar-refractivity contribution in [2.45, 2.75) is 91.7 Å². The lowest BCUT2D eigenvalue weighted by molar-refractivity contribution is 0.369. The zero-order valence-corrected chi connectivity index (χ0v) is 23.6. The first kappa shape index (κ1) is 25.7. The first-order valence-electron chi connectivity index (χ1n) is 11.4. The molecule has 0 aliphatic carbocycles. The zero-order valence-electron chi connectivity index (χ0n) is 21.6. The molecule has 174 valence electrons. The molecule has 0 spiro atoms. The summed E-state index contributed by atoms with van der Waals surface area (Å²) in [5.74, 6) is 2.20. The van der Waals surface area contributed by atoms with Gasteiger partial charge in [-0.25, -0.2) is 4.79 Å². The SMILES string of the molecule is CC(C)C(C)(C)[Si](C)(C)Oc1ccc2ccc(=O)oc2c1O[Si](C)(C)C(C)(C)C(C)C. The number of hydrogen-bond acceptors (Lipinski definition) is 4. The van der Waals surface area contributed by atoms with Crippen LogP contribution in [0, 0.1) is 11.8 Å². The summed E-state index contributed by atoms with van der Waals surface area (Å²) in [6, 6.07) is 7.18. The molecule has 0 aliphatic rings. The fourth-order valence-corrected chi connectivity index (χ4v) is 8.17. The molecule has 0 saturated heterocycles. The van der Waals surface area contributed by atoms with Crippen molar-refractivity contribution in [3.05, 3.63) is 34.7 Å². The van der Waals surface area contributed by atoms with E-state index in [0.717, 1.165) is 5.39 Å². The minimum Gasteiger partial charge on any atom is -0.541 e. The van der Waals surface area contributed by atoms with Gasteiger partial charge in [0.2, 0.25) is 0 Å². The van der Waals surface area contributed by atoms with Gasteiger partial charge < -0.3 is 13.3 Å². The average molecular weight is 463 g/mol. The van der Waals surface area contributed by atoms with Crippen LogP contribution in [0.2, 0.25) is 36.3 Å². The van der Waals surface area contributed by atoms with Crippen molar-refractivity contribution >= 4 is 27.6 Å². The first-order chi connectivity index (χ1) is 13.9. The van der Waals surface area contributed by atoms with Crippen LogP contribution in [0.4, 0.5) is 0 Å². The standard InChI is InChI=1S/C25H42O4Si2/c1-17(2)24(5,6)30(9,10)28-20-15-13-19-14-16-21(26)27-22(19)23(20)29-31(11,12)25(7,8)18(3)4/h13-18H,1-12H3. The number of benzene rings is 1. The Balaban J connectivity index is 2.70. The monoisotopic (exact) mass is 462 g/mol. The number of hydrogen-bond donors (Lipinski definition) is 0. The van der Waals surface area contributed by atoms with Crippen LogP contribution in [0.5, 0.6) is 11.5 Å². The third-order valence-corrected chi connectivity index (χ3v) is 17.2. The van der Waals surface area contributed by atoms with E-state index in [-0.39, 0.29) is 15.7 Å². The molecule has 0 aliphatic heterocycles. The van der Waals surface area contributed by atoms with Crippen LogP contribution in [-0.4, -0.2) is 16.6 Å². The van der Waals surface area contributed by atoms with Gasteiger partial charge in [-0.2, -0.15) is 0 Å². The molecule has 0 atom stereocenters. The van der Waals surface area contributed by atoms with Crippen LogP contribution in [0.15, 0.2) is 33.5 Å². The second-order valence-corrected chi connectivity index (χ2v) is 20.6. The molecule has 0 bridgehead atoms.